The van der Waals surface area contributed by atoms with Gasteiger partial charge in [0, 0.05) is 19.1 Å². The van der Waals surface area contributed by atoms with Gasteiger partial charge < -0.3 is 15.0 Å². The third kappa shape index (κ3) is 2.15. The molecule has 1 unspecified atom stereocenters. The quantitative estimate of drug-likeness (QED) is 0.890. The molecule has 0 amide bonds. The third-order valence-corrected chi connectivity index (χ3v) is 3.62. The van der Waals surface area contributed by atoms with Crippen molar-refractivity contribution in [2.45, 2.75) is 19.4 Å². The van der Waals surface area contributed by atoms with E-state index < -0.39 is 0 Å². The number of para-hydroxylation sites is 1. The number of nitrogen functional groups attached to an aromatic ring is 1. The molecule has 1 aromatic carbocycles. The molecule has 3 rings (SSSR count). The summed E-state index contributed by atoms with van der Waals surface area (Å²) in [6, 6.07) is 7.76. The van der Waals surface area contributed by atoms with Crippen LogP contribution in [-0.2, 0) is 11.3 Å². The second kappa shape index (κ2) is 4.90. The van der Waals surface area contributed by atoms with E-state index in [0.29, 0.717) is 22.9 Å². The van der Waals surface area contributed by atoms with E-state index in [1.165, 1.54) is 0 Å². The lowest BCUT2D eigenvalue weighted by atomic mass is 10.0. The van der Waals surface area contributed by atoms with Crippen molar-refractivity contribution in [3.05, 3.63) is 23.8 Å². The molecule has 1 aromatic heterocycles. The van der Waals surface area contributed by atoms with Crippen LogP contribution in [0.3, 0.4) is 0 Å². The molecule has 98 valence electrons. The van der Waals surface area contributed by atoms with E-state index in [1.807, 2.05) is 16.7 Å². The number of nitrogens with two attached hydrogens (primary N) is 1. The van der Waals surface area contributed by atoms with Crippen LogP contribution in [0.4, 0.5) is 5.95 Å². The van der Waals surface area contributed by atoms with Crippen molar-refractivity contribution in [3.8, 4) is 6.07 Å². The zero-order valence-corrected chi connectivity index (χ0v) is 10.7. The van der Waals surface area contributed by atoms with Gasteiger partial charge in [-0.15, -0.1) is 0 Å². The maximum atomic E-state index is 9.10. The molecule has 1 atom stereocenters. The Kier molecular flexibility index (Phi) is 3.10. The van der Waals surface area contributed by atoms with Crippen molar-refractivity contribution in [2.24, 2.45) is 5.92 Å². The predicted molar refractivity (Wildman–Crippen MR) is 72.4 cm³/mol. The maximum absolute atomic E-state index is 9.10. The van der Waals surface area contributed by atoms with Crippen molar-refractivity contribution in [1.82, 2.24) is 9.55 Å². The summed E-state index contributed by atoms with van der Waals surface area (Å²) in [6.45, 7) is 2.43. The average molecular weight is 256 g/mol. The molecule has 0 radical (unpaired) electrons. The Labute approximate surface area is 111 Å². The Hall–Kier alpha value is -2.06. The minimum absolute atomic E-state index is 0.471. The number of nitriles is 1. The van der Waals surface area contributed by atoms with Gasteiger partial charge in [-0.3, -0.25) is 0 Å². The lowest BCUT2D eigenvalue weighted by molar-refractivity contribution is 0.0490. The monoisotopic (exact) mass is 256 g/mol. The van der Waals surface area contributed by atoms with E-state index in [0.717, 1.165) is 38.1 Å². The highest BCUT2D eigenvalue weighted by Gasteiger charge is 2.18. The van der Waals surface area contributed by atoms with E-state index in [9.17, 15) is 0 Å². The first kappa shape index (κ1) is 12.0. The number of hydrogen-bond acceptors (Lipinski definition) is 4. The van der Waals surface area contributed by atoms with Crippen molar-refractivity contribution in [3.63, 3.8) is 0 Å². The smallest absolute Gasteiger partial charge is 0.201 e. The molecule has 1 saturated heterocycles. The lowest BCUT2D eigenvalue weighted by Crippen LogP contribution is -2.22. The van der Waals surface area contributed by atoms with Gasteiger partial charge in [0.05, 0.1) is 17.7 Å². The Bertz CT molecular complexity index is 635. The largest absolute Gasteiger partial charge is 0.381 e. The summed E-state index contributed by atoms with van der Waals surface area (Å²) in [5, 5.41) is 9.10. The van der Waals surface area contributed by atoms with E-state index in [4.69, 9.17) is 15.7 Å². The van der Waals surface area contributed by atoms with Crippen LogP contribution < -0.4 is 5.73 Å². The Morgan fingerprint density at radius 1 is 1.53 bits per heavy atom. The van der Waals surface area contributed by atoms with Gasteiger partial charge in [0.25, 0.3) is 0 Å². The van der Waals surface area contributed by atoms with E-state index in [2.05, 4.69) is 11.1 Å². The lowest BCUT2D eigenvalue weighted by Gasteiger charge is -2.23. The first-order valence-corrected chi connectivity index (χ1v) is 6.52. The van der Waals surface area contributed by atoms with Crippen LogP contribution in [-0.4, -0.2) is 22.8 Å². The molecule has 1 fully saturated rings. The summed E-state index contributed by atoms with van der Waals surface area (Å²) < 4.78 is 7.50. The molecule has 1 aliphatic heterocycles. The number of nitrogens with zero attached hydrogens (tertiary/aromatic N) is 3. The minimum Gasteiger partial charge on any atom is -0.381 e. The average Bonchev–Trinajstić information content (AvgIpc) is 2.76. The maximum Gasteiger partial charge on any atom is 0.201 e. The van der Waals surface area contributed by atoms with Crippen molar-refractivity contribution in [1.29, 1.82) is 5.26 Å². The number of ether oxygens (including phenoxy) is 1. The normalized spacial score (nSPS) is 19.4. The van der Waals surface area contributed by atoms with Crippen LogP contribution in [0.25, 0.3) is 11.0 Å². The van der Waals surface area contributed by atoms with Crippen LogP contribution in [0.2, 0.25) is 0 Å². The second-order valence-electron chi connectivity index (χ2n) is 4.95. The van der Waals surface area contributed by atoms with Crippen molar-refractivity contribution >= 4 is 17.0 Å². The van der Waals surface area contributed by atoms with Crippen molar-refractivity contribution in [2.75, 3.05) is 18.9 Å². The fourth-order valence-corrected chi connectivity index (χ4v) is 2.66. The van der Waals surface area contributed by atoms with Gasteiger partial charge in [0.15, 0.2) is 0 Å². The first-order chi connectivity index (χ1) is 9.29. The molecule has 2 N–H and O–H groups in total. The van der Waals surface area contributed by atoms with Gasteiger partial charge in [0.2, 0.25) is 5.95 Å². The van der Waals surface area contributed by atoms with Gasteiger partial charge in [-0.2, -0.15) is 5.26 Å². The number of benzene rings is 1. The van der Waals surface area contributed by atoms with Crippen LogP contribution in [0.15, 0.2) is 18.2 Å². The summed E-state index contributed by atoms with van der Waals surface area (Å²) in [5.74, 6) is 0.947. The number of fused-ring (bicyclic) bond motifs is 1. The molecule has 2 aromatic rings. The number of anilines is 1. The molecule has 19 heavy (non-hydrogen) atoms. The molecule has 5 nitrogen and oxygen atoms in total. The highest BCUT2D eigenvalue weighted by atomic mass is 16.5. The van der Waals surface area contributed by atoms with E-state index >= 15 is 0 Å². The molecule has 0 bridgehead atoms. The first-order valence-electron chi connectivity index (χ1n) is 6.52. The summed E-state index contributed by atoms with van der Waals surface area (Å²) in [4.78, 5) is 4.33. The standard InChI is InChI=1S/C14H16N4O/c15-7-11-4-1-5-12-13(11)17-14(16)18(12)8-10-3-2-6-19-9-10/h1,4-5,10H,2-3,6,8-9H2,(H2,16,17). The number of imidazole rings is 1. The van der Waals surface area contributed by atoms with Crippen LogP contribution >= 0.6 is 0 Å². The number of hydrogen-bond donors (Lipinski definition) is 1. The number of rotatable bonds is 2. The SMILES string of the molecule is N#Cc1cccc2c1nc(N)n2CC1CCCOC1. The zero-order valence-electron chi connectivity index (χ0n) is 10.7. The molecule has 1 aliphatic rings. The summed E-state index contributed by atoms with van der Waals surface area (Å²) >= 11 is 0. The molecule has 5 heteroatoms. The van der Waals surface area contributed by atoms with Gasteiger partial charge >= 0.3 is 0 Å². The molecule has 0 spiro atoms. The fraction of sp³-hybridized carbons (Fsp3) is 0.429. The molecular weight excluding hydrogens is 240 g/mol. The Balaban J connectivity index is 1.99. The Morgan fingerprint density at radius 3 is 3.16 bits per heavy atom. The van der Waals surface area contributed by atoms with Gasteiger partial charge in [-0.25, -0.2) is 4.98 Å². The summed E-state index contributed by atoms with van der Waals surface area (Å²) in [6.07, 6.45) is 2.25. The second-order valence-corrected chi connectivity index (χ2v) is 4.95. The topological polar surface area (TPSA) is 76.9 Å². The van der Waals surface area contributed by atoms with Crippen molar-refractivity contribution < 1.29 is 4.74 Å². The van der Waals surface area contributed by atoms with E-state index in [-0.39, 0.29) is 0 Å². The highest BCUT2D eigenvalue weighted by Crippen LogP contribution is 2.24. The fourth-order valence-electron chi connectivity index (χ4n) is 2.66. The van der Waals surface area contributed by atoms with E-state index in [1.54, 1.807) is 6.07 Å². The highest BCUT2D eigenvalue weighted by molar-refractivity contribution is 5.83. The van der Waals surface area contributed by atoms with Gasteiger partial charge in [-0.05, 0) is 25.0 Å². The van der Waals surface area contributed by atoms with Crippen LogP contribution in [0, 0.1) is 17.2 Å². The van der Waals surface area contributed by atoms with Crippen LogP contribution in [0.5, 0.6) is 0 Å². The third-order valence-electron chi connectivity index (χ3n) is 3.62. The van der Waals surface area contributed by atoms with Gasteiger partial charge in [0.1, 0.15) is 11.6 Å². The minimum atomic E-state index is 0.471. The molecule has 2 heterocycles. The Morgan fingerprint density at radius 2 is 2.42 bits per heavy atom. The molecule has 0 aliphatic carbocycles. The molecular formula is C14H16N4O. The summed E-state index contributed by atoms with van der Waals surface area (Å²) in [7, 11) is 0. The zero-order chi connectivity index (χ0) is 13.2. The summed E-state index contributed by atoms with van der Waals surface area (Å²) in [5.41, 5.74) is 8.19. The predicted octanol–water partition coefficient (Wildman–Crippen LogP) is 1.92. The van der Waals surface area contributed by atoms with Crippen LogP contribution in [0.1, 0.15) is 18.4 Å². The molecule has 0 saturated carbocycles. The van der Waals surface area contributed by atoms with Gasteiger partial charge in [-0.1, -0.05) is 6.07 Å². The number of aromatic nitrogens is 2.